The first-order valence-electron chi connectivity index (χ1n) is 10.4. The topological polar surface area (TPSA) is 65.5 Å². The fourth-order valence-electron chi connectivity index (χ4n) is 5.53. The lowest BCUT2D eigenvalue weighted by molar-refractivity contribution is -0.142. The summed E-state index contributed by atoms with van der Waals surface area (Å²) in [7, 11) is 1.74. The first-order chi connectivity index (χ1) is 13.7. The molecule has 3 rings (SSSR count). The number of hydrogen-bond donors (Lipinski definition) is 2. The van der Waals surface area contributed by atoms with Crippen molar-refractivity contribution in [1.29, 1.82) is 0 Å². The number of aliphatic hydroxyl groups is 1. The van der Waals surface area contributed by atoms with Crippen LogP contribution in [0.25, 0.3) is 0 Å². The largest absolute Gasteiger partial charge is 0.392 e. The van der Waals surface area contributed by atoms with E-state index in [0.29, 0.717) is 13.1 Å². The van der Waals surface area contributed by atoms with Crippen LogP contribution in [0.3, 0.4) is 0 Å². The number of carbonyl (C=O) groups is 1. The van der Waals surface area contributed by atoms with Gasteiger partial charge in [-0.05, 0) is 36.5 Å². The Hall–Kier alpha value is -1.84. The molecular weight excluding hydrogens is 382 g/mol. The third-order valence-electron chi connectivity index (χ3n) is 7.06. The van der Waals surface area contributed by atoms with Gasteiger partial charge in [0, 0.05) is 30.3 Å². The van der Waals surface area contributed by atoms with Gasteiger partial charge in [-0.15, -0.1) is 24.3 Å². The second-order valence-corrected chi connectivity index (χ2v) is 10.1. The molecule has 5 nitrogen and oxygen atoms in total. The Morgan fingerprint density at radius 2 is 2.34 bits per heavy atom. The highest BCUT2D eigenvalue weighted by Crippen LogP contribution is 2.57. The molecule has 1 aromatic rings. The molecule has 0 aromatic carbocycles. The van der Waals surface area contributed by atoms with Crippen LogP contribution < -0.4 is 5.32 Å². The van der Waals surface area contributed by atoms with Crippen molar-refractivity contribution in [3.8, 4) is 12.3 Å². The summed E-state index contributed by atoms with van der Waals surface area (Å²) in [6.45, 7) is 11.2. The molecule has 1 aromatic heterocycles. The van der Waals surface area contributed by atoms with Crippen LogP contribution in [0, 0.1) is 35.5 Å². The van der Waals surface area contributed by atoms with Crippen LogP contribution in [0.5, 0.6) is 0 Å². The number of aromatic nitrogens is 1. The summed E-state index contributed by atoms with van der Waals surface area (Å²) in [6.07, 6.45) is 9.47. The van der Waals surface area contributed by atoms with Gasteiger partial charge in [-0.25, -0.2) is 4.98 Å². The van der Waals surface area contributed by atoms with E-state index in [2.05, 4.69) is 31.7 Å². The van der Waals surface area contributed by atoms with Crippen LogP contribution in [-0.2, 0) is 11.2 Å². The predicted octanol–water partition coefficient (Wildman–Crippen LogP) is 3.52. The molecule has 0 radical (unpaired) electrons. The number of carbonyl (C=O) groups excluding carboxylic acids is 1. The highest BCUT2D eigenvalue weighted by molar-refractivity contribution is 7.15. The average molecular weight is 416 g/mol. The van der Waals surface area contributed by atoms with Gasteiger partial charge in [0.2, 0.25) is 5.91 Å². The Balaban J connectivity index is 1.84. The first-order valence-corrected chi connectivity index (χ1v) is 11.3. The first kappa shape index (κ1) is 21.9. The maximum atomic E-state index is 12.8. The zero-order valence-electron chi connectivity index (χ0n) is 17.9. The van der Waals surface area contributed by atoms with E-state index in [4.69, 9.17) is 11.4 Å². The van der Waals surface area contributed by atoms with Crippen molar-refractivity contribution in [2.24, 2.45) is 23.2 Å². The van der Waals surface area contributed by atoms with Crippen LogP contribution in [0.1, 0.15) is 50.1 Å². The smallest absolute Gasteiger partial charge is 0.226 e. The molecule has 1 saturated carbocycles. The SMILES string of the molecule is C#CCN(C)C(=O)[C@@H](C)[C@@H]1CC[C@@]2(C)Cc3sc(NCC=C)nc3[C@@H](C)[C@@H]2[C@H]1O. The van der Waals surface area contributed by atoms with Gasteiger partial charge < -0.3 is 15.3 Å². The van der Waals surface area contributed by atoms with Gasteiger partial charge in [-0.1, -0.05) is 32.8 Å². The summed E-state index contributed by atoms with van der Waals surface area (Å²) in [5.74, 6) is 2.49. The fourth-order valence-corrected chi connectivity index (χ4v) is 6.80. The Morgan fingerprint density at radius 1 is 1.62 bits per heavy atom. The lowest BCUT2D eigenvalue weighted by Crippen LogP contribution is -2.53. The van der Waals surface area contributed by atoms with Crippen molar-refractivity contribution < 1.29 is 9.90 Å². The molecular formula is C23H33N3O2S. The summed E-state index contributed by atoms with van der Waals surface area (Å²) in [4.78, 5) is 20.5. The second-order valence-electron chi connectivity index (χ2n) is 9.02. The molecule has 0 unspecified atom stereocenters. The van der Waals surface area contributed by atoms with E-state index in [1.54, 1.807) is 23.3 Å². The summed E-state index contributed by atoms with van der Waals surface area (Å²) in [5, 5.41) is 15.7. The van der Waals surface area contributed by atoms with Crippen molar-refractivity contribution >= 4 is 22.4 Å². The molecule has 29 heavy (non-hydrogen) atoms. The maximum Gasteiger partial charge on any atom is 0.226 e. The number of thiazole rings is 1. The summed E-state index contributed by atoms with van der Waals surface area (Å²) < 4.78 is 0. The van der Waals surface area contributed by atoms with Gasteiger partial charge in [0.1, 0.15) is 0 Å². The highest BCUT2D eigenvalue weighted by atomic mass is 32.1. The molecule has 0 spiro atoms. The van der Waals surface area contributed by atoms with E-state index >= 15 is 0 Å². The third-order valence-corrected chi connectivity index (χ3v) is 8.08. The Morgan fingerprint density at radius 3 is 3.00 bits per heavy atom. The number of amides is 1. The van der Waals surface area contributed by atoms with Crippen molar-refractivity contribution in [1.82, 2.24) is 9.88 Å². The van der Waals surface area contributed by atoms with Gasteiger partial charge in [-0.2, -0.15) is 0 Å². The Labute approximate surface area is 178 Å². The Bertz CT molecular complexity index is 814. The van der Waals surface area contributed by atoms with E-state index in [0.717, 1.165) is 30.1 Å². The molecule has 6 heteroatoms. The van der Waals surface area contributed by atoms with Crippen molar-refractivity contribution in [2.75, 3.05) is 25.5 Å². The molecule has 0 aliphatic heterocycles. The van der Waals surface area contributed by atoms with Gasteiger partial charge >= 0.3 is 0 Å². The van der Waals surface area contributed by atoms with Gasteiger partial charge in [0.15, 0.2) is 5.13 Å². The van der Waals surface area contributed by atoms with Crippen molar-refractivity contribution in [2.45, 2.75) is 52.1 Å². The minimum absolute atomic E-state index is 0.0179. The quantitative estimate of drug-likeness (QED) is 0.551. The van der Waals surface area contributed by atoms with Gasteiger partial charge in [-0.3, -0.25) is 4.79 Å². The molecule has 1 amide bonds. The van der Waals surface area contributed by atoms with Gasteiger partial charge in [0.05, 0.1) is 18.3 Å². The van der Waals surface area contributed by atoms with E-state index in [9.17, 15) is 9.90 Å². The van der Waals surface area contributed by atoms with Crippen LogP contribution >= 0.6 is 11.3 Å². The van der Waals surface area contributed by atoms with Crippen LogP contribution in [0.15, 0.2) is 12.7 Å². The minimum Gasteiger partial charge on any atom is -0.392 e. The summed E-state index contributed by atoms with van der Waals surface area (Å²) in [6, 6.07) is 0. The zero-order valence-corrected chi connectivity index (χ0v) is 18.8. The Kier molecular flexibility index (Phi) is 6.40. The van der Waals surface area contributed by atoms with Gasteiger partial charge in [0.25, 0.3) is 0 Å². The van der Waals surface area contributed by atoms with Crippen molar-refractivity contribution in [3.63, 3.8) is 0 Å². The molecule has 6 atom stereocenters. The van der Waals surface area contributed by atoms with Crippen LogP contribution in [0.2, 0.25) is 0 Å². The number of nitrogens with zero attached hydrogens (tertiary/aromatic N) is 2. The van der Waals surface area contributed by atoms with Crippen LogP contribution in [0.4, 0.5) is 5.13 Å². The number of anilines is 1. The molecule has 1 fully saturated rings. The second kappa shape index (κ2) is 8.49. The lowest BCUT2D eigenvalue weighted by atomic mass is 9.53. The number of rotatable bonds is 6. The normalized spacial score (nSPS) is 31.7. The monoisotopic (exact) mass is 415 g/mol. The fraction of sp³-hybridized carbons (Fsp3) is 0.652. The maximum absolute atomic E-state index is 12.8. The summed E-state index contributed by atoms with van der Waals surface area (Å²) >= 11 is 1.72. The molecule has 2 N–H and O–H groups in total. The van der Waals surface area contributed by atoms with E-state index in [1.807, 2.05) is 13.0 Å². The van der Waals surface area contributed by atoms with Crippen molar-refractivity contribution in [3.05, 3.63) is 23.2 Å². The molecule has 2 aliphatic carbocycles. The molecule has 0 bridgehead atoms. The standard InChI is InChI=1S/C23H33N3O2S/c1-7-11-24-22-25-19-15(4)18-20(27)16(14(3)21(28)26(6)12-8-2)9-10-23(18,5)13-17(19)29-22/h2,7,14-16,18,20,27H,1,9-13H2,3-6H3,(H,24,25)/t14-,15-,16-,18+,20-,23-/m0/s1. The van der Waals surface area contributed by atoms with Crippen LogP contribution in [-0.4, -0.2) is 47.1 Å². The highest BCUT2D eigenvalue weighted by Gasteiger charge is 2.54. The third kappa shape index (κ3) is 3.95. The number of fused-ring (bicyclic) bond motifs is 2. The zero-order chi connectivity index (χ0) is 21.3. The molecule has 2 aliphatic rings. The van der Waals surface area contributed by atoms with E-state index < -0.39 is 6.10 Å². The number of terminal acetylenes is 1. The summed E-state index contributed by atoms with van der Waals surface area (Å²) in [5.41, 5.74) is 1.13. The molecule has 1 heterocycles. The number of nitrogens with one attached hydrogen (secondary N) is 1. The number of hydrogen-bond acceptors (Lipinski definition) is 5. The molecule has 0 saturated heterocycles. The average Bonchev–Trinajstić information content (AvgIpc) is 3.08. The minimum atomic E-state index is -0.527. The van der Waals surface area contributed by atoms with E-state index in [-0.39, 0.29) is 35.0 Å². The van der Waals surface area contributed by atoms with E-state index in [1.165, 1.54) is 4.88 Å². The lowest BCUT2D eigenvalue weighted by Gasteiger charge is -2.53. The predicted molar refractivity (Wildman–Crippen MR) is 119 cm³/mol. The number of aliphatic hydroxyl groups excluding tert-OH is 1. The molecule has 158 valence electrons.